The number of rotatable bonds is 2. The number of amides is 2. The number of aliphatic imine (C=N–C) groups is 1. The molecule has 0 unspecified atom stereocenters. The maximum absolute atomic E-state index is 13.0. The van der Waals surface area contributed by atoms with Crippen LogP contribution in [0.2, 0.25) is 0 Å². The molecule has 3 fully saturated rings. The number of piperidine rings is 2. The van der Waals surface area contributed by atoms with Gasteiger partial charge in [0.15, 0.2) is 5.96 Å². The first-order chi connectivity index (χ1) is 12.1. The van der Waals surface area contributed by atoms with Gasteiger partial charge in [0.05, 0.1) is 5.92 Å². The Labute approximate surface area is 149 Å². The summed E-state index contributed by atoms with van der Waals surface area (Å²) in [5.41, 5.74) is 4.92. The smallest absolute Gasteiger partial charge is 0.254 e. The number of nitrogens with two attached hydrogens (primary N) is 1. The third-order valence-electron chi connectivity index (χ3n) is 6.54. The molecule has 1 aliphatic carbocycles. The van der Waals surface area contributed by atoms with Crippen molar-refractivity contribution in [1.82, 2.24) is 15.1 Å². The minimum Gasteiger partial charge on any atom is -0.370 e. The molecule has 25 heavy (non-hydrogen) atoms. The molecule has 0 aromatic rings. The molecule has 1 atom stereocenters. The molecule has 3 N–H and O–H groups in total. The van der Waals surface area contributed by atoms with Crippen LogP contribution in [0.15, 0.2) is 4.99 Å². The average Bonchev–Trinajstić information content (AvgIpc) is 3.24. The van der Waals surface area contributed by atoms with E-state index in [1.807, 2.05) is 4.90 Å². The second-order valence-corrected chi connectivity index (χ2v) is 8.08. The number of hydrogen-bond acceptors (Lipinski definition) is 5. The molecular weight excluding hydrogens is 318 g/mol. The quantitative estimate of drug-likeness (QED) is 0.759. The van der Waals surface area contributed by atoms with E-state index < -0.39 is 5.54 Å². The van der Waals surface area contributed by atoms with Crippen molar-refractivity contribution >= 4 is 17.8 Å². The van der Waals surface area contributed by atoms with Crippen LogP contribution in [0.5, 0.6) is 0 Å². The first-order valence-corrected chi connectivity index (χ1v) is 9.77. The Morgan fingerprint density at radius 1 is 1.12 bits per heavy atom. The monoisotopic (exact) mass is 347 g/mol. The van der Waals surface area contributed by atoms with Crippen LogP contribution in [-0.2, 0) is 9.59 Å². The summed E-state index contributed by atoms with van der Waals surface area (Å²) in [6.07, 6.45) is 8.51. The first kappa shape index (κ1) is 16.8. The van der Waals surface area contributed by atoms with Gasteiger partial charge in [-0.1, -0.05) is 12.8 Å². The standard InChI is InChI=1S/C18H29N5O2/c19-17-20-16(25)18(21-17)7-10-22(11-8-18)15(24)13-4-3-9-23(12-13)14-5-1-2-6-14/h13-14H,1-12H2,(H3,19,20,21,25)/t13-/m1/s1. The van der Waals surface area contributed by atoms with Crippen LogP contribution < -0.4 is 11.1 Å². The fourth-order valence-corrected chi connectivity index (χ4v) is 5.05. The van der Waals surface area contributed by atoms with Gasteiger partial charge < -0.3 is 10.6 Å². The molecule has 2 saturated heterocycles. The fraction of sp³-hybridized carbons (Fsp3) is 0.833. The summed E-state index contributed by atoms with van der Waals surface area (Å²) in [7, 11) is 0. The van der Waals surface area contributed by atoms with Crippen LogP contribution in [0.1, 0.15) is 51.4 Å². The number of hydrogen-bond donors (Lipinski definition) is 2. The van der Waals surface area contributed by atoms with E-state index in [1.165, 1.54) is 25.7 Å². The summed E-state index contributed by atoms with van der Waals surface area (Å²) < 4.78 is 0. The third kappa shape index (κ3) is 3.14. The molecule has 3 heterocycles. The second kappa shape index (κ2) is 6.59. The molecular formula is C18H29N5O2. The minimum absolute atomic E-state index is 0.109. The molecule has 0 aromatic carbocycles. The Morgan fingerprint density at radius 3 is 2.48 bits per heavy atom. The molecule has 7 heteroatoms. The fourth-order valence-electron chi connectivity index (χ4n) is 5.05. The zero-order valence-corrected chi connectivity index (χ0v) is 14.9. The van der Waals surface area contributed by atoms with E-state index in [0.29, 0.717) is 32.0 Å². The SMILES string of the molecule is NC1=NC2(CCN(C(=O)[C@@H]3CCCN(C4CCCC4)C3)CC2)C(=O)N1. The van der Waals surface area contributed by atoms with Gasteiger partial charge in [-0.3, -0.25) is 19.8 Å². The lowest BCUT2D eigenvalue weighted by Gasteiger charge is -2.40. The lowest BCUT2D eigenvalue weighted by Crippen LogP contribution is -2.53. The summed E-state index contributed by atoms with van der Waals surface area (Å²) in [5, 5.41) is 2.60. The number of carbonyl (C=O) groups is 2. The summed E-state index contributed by atoms with van der Waals surface area (Å²) in [4.78, 5) is 33.9. The Bertz CT molecular complexity index is 576. The van der Waals surface area contributed by atoms with Crippen LogP contribution in [-0.4, -0.2) is 65.3 Å². The van der Waals surface area contributed by atoms with Crippen molar-refractivity contribution in [1.29, 1.82) is 0 Å². The van der Waals surface area contributed by atoms with Crippen LogP contribution in [0.3, 0.4) is 0 Å². The molecule has 0 bridgehead atoms. The van der Waals surface area contributed by atoms with Gasteiger partial charge in [-0.05, 0) is 45.1 Å². The molecule has 4 aliphatic rings. The predicted octanol–water partition coefficient (Wildman–Crippen LogP) is 0.447. The largest absolute Gasteiger partial charge is 0.370 e. The molecule has 7 nitrogen and oxygen atoms in total. The van der Waals surface area contributed by atoms with E-state index in [1.54, 1.807) is 0 Å². The van der Waals surface area contributed by atoms with Gasteiger partial charge in [-0.25, -0.2) is 4.99 Å². The maximum Gasteiger partial charge on any atom is 0.254 e. The Kier molecular flexibility index (Phi) is 4.43. The number of guanidine groups is 1. The number of carbonyl (C=O) groups excluding carboxylic acids is 2. The molecule has 2 amide bonds. The van der Waals surface area contributed by atoms with Crippen LogP contribution in [0, 0.1) is 5.92 Å². The van der Waals surface area contributed by atoms with Crippen LogP contribution in [0.4, 0.5) is 0 Å². The molecule has 1 saturated carbocycles. The highest BCUT2D eigenvalue weighted by atomic mass is 16.2. The zero-order valence-electron chi connectivity index (χ0n) is 14.9. The van der Waals surface area contributed by atoms with Crippen molar-refractivity contribution in [2.75, 3.05) is 26.2 Å². The molecule has 1 spiro atoms. The van der Waals surface area contributed by atoms with Crippen LogP contribution in [0.25, 0.3) is 0 Å². The van der Waals surface area contributed by atoms with Gasteiger partial charge in [0.25, 0.3) is 5.91 Å². The number of nitrogens with one attached hydrogen (secondary N) is 1. The number of likely N-dealkylation sites (tertiary alicyclic amines) is 2. The Hall–Kier alpha value is -1.63. The molecule has 0 radical (unpaired) electrons. The average molecular weight is 347 g/mol. The molecule has 3 aliphatic heterocycles. The maximum atomic E-state index is 13.0. The lowest BCUT2D eigenvalue weighted by atomic mass is 9.86. The van der Waals surface area contributed by atoms with E-state index in [-0.39, 0.29) is 23.7 Å². The summed E-state index contributed by atoms with van der Waals surface area (Å²) >= 11 is 0. The van der Waals surface area contributed by atoms with E-state index in [4.69, 9.17) is 5.73 Å². The van der Waals surface area contributed by atoms with E-state index in [9.17, 15) is 9.59 Å². The van der Waals surface area contributed by atoms with Gasteiger partial charge in [0, 0.05) is 25.7 Å². The minimum atomic E-state index is -0.733. The third-order valence-corrected chi connectivity index (χ3v) is 6.54. The Morgan fingerprint density at radius 2 is 1.84 bits per heavy atom. The summed E-state index contributed by atoms with van der Waals surface area (Å²) in [6.45, 7) is 3.26. The van der Waals surface area contributed by atoms with Crippen molar-refractivity contribution < 1.29 is 9.59 Å². The predicted molar refractivity (Wildman–Crippen MR) is 94.9 cm³/mol. The van der Waals surface area contributed by atoms with Gasteiger partial charge in [-0.15, -0.1) is 0 Å². The highest BCUT2D eigenvalue weighted by Gasteiger charge is 2.46. The van der Waals surface area contributed by atoms with Gasteiger partial charge in [-0.2, -0.15) is 0 Å². The van der Waals surface area contributed by atoms with Gasteiger partial charge in [0.1, 0.15) is 5.54 Å². The van der Waals surface area contributed by atoms with Crippen molar-refractivity contribution in [2.24, 2.45) is 16.6 Å². The van der Waals surface area contributed by atoms with Gasteiger partial charge in [0.2, 0.25) is 5.91 Å². The number of nitrogens with zero attached hydrogens (tertiary/aromatic N) is 3. The highest BCUT2D eigenvalue weighted by Crippen LogP contribution is 2.32. The molecule has 0 aromatic heterocycles. The summed E-state index contributed by atoms with van der Waals surface area (Å²) in [5.74, 6) is 0.494. The molecule has 4 rings (SSSR count). The van der Waals surface area contributed by atoms with Gasteiger partial charge >= 0.3 is 0 Å². The van der Waals surface area contributed by atoms with Crippen molar-refractivity contribution in [3.05, 3.63) is 0 Å². The van der Waals surface area contributed by atoms with Crippen LogP contribution >= 0.6 is 0 Å². The van der Waals surface area contributed by atoms with E-state index in [2.05, 4.69) is 15.2 Å². The van der Waals surface area contributed by atoms with Crippen molar-refractivity contribution in [3.63, 3.8) is 0 Å². The zero-order chi connectivity index (χ0) is 17.4. The van der Waals surface area contributed by atoms with E-state index in [0.717, 1.165) is 25.9 Å². The normalized spacial score (nSPS) is 30.6. The first-order valence-electron chi connectivity index (χ1n) is 9.77. The highest BCUT2D eigenvalue weighted by molar-refractivity contribution is 6.06. The second-order valence-electron chi connectivity index (χ2n) is 8.08. The van der Waals surface area contributed by atoms with Crippen molar-refractivity contribution in [3.8, 4) is 0 Å². The Balaban J connectivity index is 1.35. The molecule has 138 valence electrons. The van der Waals surface area contributed by atoms with Crippen molar-refractivity contribution in [2.45, 2.75) is 62.9 Å². The van der Waals surface area contributed by atoms with E-state index >= 15 is 0 Å². The summed E-state index contributed by atoms with van der Waals surface area (Å²) in [6, 6.07) is 0.694. The topological polar surface area (TPSA) is 91.0 Å². The lowest BCUT2D eigenvalue weighted by molar-refractivity contribution is -0.141.